The van der Waals surface area contributed by atoms with Crippen LogP contribution in [0.2, 0.25) is 0 Å². The molecule has 160 valence electrons. The molecule has 2 fully saturated rings. The van der Waals surface area contributed by atoms with Gasteiger partial charge in [0.25, 0.3) is 0 Å². The average molecular weight is 405 g/mol. The molecule has 2 aliphatic rings. The molecule has 2 saturated carbocycles. The maximum Gasteiger partial charge on any atom is 0.221 e. The van der Waals surface area contributed by atoms with E-state index in [4.69, 9.17) is 0 Å². The SMILES string of the molecule is O=C(CCN[C@H]1CC[C@H](c2ccccc2)CC1)NC1CCC(c2ccccc2)CC1. The minimum Gasteiger partial charge on any atom is -0.353 e. The van der Waals surface area contributed by atoms with Crippen molar-refractivity contribution < 1.29 is 4.79 Å². The van der Waals surface area contributed by atoms with Gasteiger partial charge >= 0.3 is 0 Å². The van der Waals surface area contributed by atoms with Crippen LogP contribution < -0.4 is 10.6 Å². The van der Waals surface area contributed by atoms with E-state index in [2.05, 4.69) is 71.3 Å². The molecule has 0 aromatic heterocycles. The van der Waals surface area contributed by atoms with E-state index in [1.54, 1.807) is 0 Å². The van der Waals surface area contributed by atoms with E-state index in [0.29, 0.717) is 30.3 Å². The minimum absolute atomic E-state index is 0.212. The number of hydrogen-bond donors (Lipinski definition) is 2. The highest BCUT2D eigenvalue weighted by atomic mass is 16.1. The number of hydrogen-bond acceptors (Lipinski definition) is 2. The highest BCUT2D eigenvalue weighted by molar-refractivity contribution is 5.76. The smallest absolute Gasteiger partial charge is 0.221 e. The second-order valence-electron chi connectivity index (χ2n) is 9.19. The van der Waals surface area contributed by atoms with Crippen LogP contribution in [-0.2, 0) is 4.79 Å². The van der Waals surface area contributed by atoms with Crippen molar-refractivity contribution in [2.24, 2.45) is 0 Å². The summed E-state index contributed by atoms with van der Waals surface area (Å²) in [6.07, 6.45) is 10.1. The van der Waals surface area contributed by atoms with Gasteiger partial charge in [-0.25, -0.2) is 0 Å². The molecule has 3 nitrogen and oxygen atoms in total. The third-order valence-electron chi connectivity index (χ3n) is 7.15. The first-order valence-corrected chi connectivity index (χ1v) is 11.9. The standard InChI is InChI=1S/C27H36N2O/c30-27(29-26-17-13-24(14-18-26)22-9-5-2-6-10-22)19-20-28-25-15-11-23(12-16-25)21-7-3-1-4-8-21/h1-10,23-26,28H,11-20H2,(H,29,30)/t23-,24?,25-,26?. The number of amides is 1. The van der Waals surface area contributed by atoms with Crippen LogP contribution in [0.4, 0.5) is 0 Å². The van der Waals surface area contributed by atoms with E-state index < -0.39 is 0 Å². The predicted octanol–water partition coefficient (Wildman–Crippen LogP) is 5.54. The van der Waals surface area contributed by atoms with Gasteiger partial charge in [-0.1, -0.05) is 60.7 Å². The summed E-state index contributed by atoms with van der Waals surface area (Å²) < 4.78 is 0. The van der Waals surface area contributed by atoms with Crippen LogP contribution in [-0.4, -0.2) is 24.5 Å². The Labute approximate surface area is 181 Å². The summed E-state index contributed by atoms with van der Waals surface area (Å²) in [4.78, 5) is 12.4. The Morgan fingerprint density at radius 1 is 0.667 bits per heavy atom. The summed E-state index contributed by atoms with van der Waals surface area (Å²) >= 11 is 0. The molecule has 1 amide bonds. The first-order chi connectivity index (χ1) is 14.8. The molecule has 4 rings (SSSR count). The monoisotopic (exact) mass is 404 g/mol. The highest BCUT2D eigenvalue weighted by Gasteiger charge is 2.24. The van der Waals surface area contributed by atoms with Crippen molar-refractivity contribution in [2.45, 2.75) is 81.7 Å². The minimum atomic E-state index is 0.212. The summed E-state index contributed by atoms with van der Waals surface area (Å²) in [6.45, 7) is 0.797. The number of benzene rings is 2. The molecule has 0 atom stereocenters. The third kappa shape index (κ3) is 5.95. The van der Waals surface area contributed by atoms with Crippen molar-refractivity contribution >= 4 is 5.91 Å². The number of nitrogens with one attached hydrogen (secondary N) is 2. The Bertz CT molecular complexity index is 760. The largest absolute Gasteiger partial charge is 0.353 e. The van der Waals surface area contributed by atoms with Crippen LogP contribution in [0.5, 0.6) is 0 Å². The number of rotatable bonds is 7. The van der Waals surface area contributed by atoms with Crippen LogP contribution in [0.25, 0.3) is 0 Å². The summed E-state index contributed by atoms with van der Waals surface area (Å²) in [5, 5.41) is 6.91. The van der Waals surface area contributed by atoms with Gasteiger partial charge in [0, 0.05) is 25.0 Å². The lowest BCUT2D eigenvalue weighted by atomic mass is 9.81. The van der Waals surface area contributed by atoms with Crippen LogP contribution in [0, 0.1) is 0 Å². The van der Waals surface area contributed by atoms with E-state index in [9.17, 15) is 4.79 Å². The van der Waals surface area contributed by atoms with Crippen molar-refractivity contribution in [3.8, 4) is 0 Å². The first kappa shape index (κ1) is 21.1. The molecule has 0 radical (unpaired) electrons. The second-order valence-corrected chi connectivity index (χ2v) is 9.19. The lowest BCUT2D eigenvalue weighted by Crippen LogP contribution is -2.40. The number of carbonyl (C=O) groups excluding carboxylic acids is 1. The zero-order valence-electron chi connectivity index (χ0n) is 18.1. The fourth-order valence-corrected chi connectivity index (χ4v) is 5.34. The lowest BCUT2D eigenvalue weighted by Gasteiger charge is -2.30. The normalized spacial score (nSPS) is 26.8. The fourth-order valence-electron chi connectivity index (χ4n) is 5.34. The van der Waals surface area contributed by atoms with Crippen molar-refractivity contribution in [3.63, 3.8) is 0 Å². The molecular formula is C27H36N2O. The van der Waals surface area contributed by atoms with Crippen molar-refractivity contribution in [1.82, 2.24) is 10.6 Å². The quantitative estimate of drug-likeness (QED) is 0.636. The maximum absolute atomic E-state index is 12.4. The van der Waals surface area contributed by atoms with Crippen LogP contribution >= 0.6 is 0 Å². The van der Waals surface area contributed by atoms with Crippen LogP contribution in [0.1, 0.15) is 80.8 Å². The van der Waals surface area contributed by atoms with Gasteiger partial charge in [0.15, 0.2) is 0 Å². The molecular weight excluding hydrogens is 368 g/mol. The second kappa shape index (κ2) is 10.8. The molecule has 0 bridgehead atoms. The van der Waals surface area contributed by atoms with E-state index in [0.717, 1.165) is 19.4 Å². The molecule has 2 aromatic rings. The zero-order valence-corrected chi connectivity index (χ0v) is 18.1. The van der Waals surface area contributed by atoms with Gasteiger partial charge in [-0.05, 0) is 74.3 Å². The summed E-state index contributed by atoms with van der Waals surface area (Å²) in [7, 11) is 0. The molecule has 3 heteroatoms. The predicted molar refractivity (Wildman–Crippen MR) is 124 cm³/mol. The molecule has 0 aliphatic heterocycles. The summed E-state index contributed by atoms with van der Waals surface area (Å²) in [5.41, 5.74) is 2.94. The van der Waals surface area contributed by atoms with E-state index >= 15 is 0 Å². The van der Waals surface area contributed by atoms with Gasteiger partial charge in [0.05, 0.1) is 0 Å². The van der Waals surface area contributed by atoms with Gasteiger partial charge in [0.2, 0.25) is 5.91 Å². The van der Waals surface area contributed by atoms with Crippen LogP contribution in [0.15, 0.2) is 60.7 Å². The molecule has 0 unspecified atom stereocenters. The average Bonchev–Trinajstić information content (AvgIpc) is 2.81. The molecule has 2 aliphatic carbocycles. The number of carbonyl (C=O) groups is 1. The summed E-state index contributed by atoms with van der Waals surface area (Å²) in [6, 6.07) is 22.7. The highest BCUT2D eigenvalue weighted by Crippen LogP contribution is 2.33. The molecule has 0 heterocycles. The molecule has 0 saturated heterocycles. The van der Waals surface area contributed by atoms with E-state index in [1.165, 1.54) is 49.7 Å². The topological polar surface area (TPSA) is 41.1 Å². The van der Waals surface area contributed by atoms with Gasteiger partial charge in [0.1, 0.15) is 0 Å². The van der Waals surface area contributed by atoms with Gasteiger partial charge < -0.3 is 10.6 Å². The Morgan fingerprint density at radius 3 is 1.63 bits per heavy atom. The lowest BCUT2D eigenvalue weighted by molar-refractivity contribution is -0.121. The van der Waals surface area contributed by atoms with Gasteiger partial charge in [-0.15, -0.1) is 0 Å². The molecule has 30 heavy (non-hydrogen) atoms. The third-order valence-corrected chi connectivity index (χ3v) is 7.15. The van der Waals surface area contributed by atoms with E-state index in [-0.39, 0.29) is 5.91 Å². The molecule has 2 N–H and O–H groups in total. The van der Waals surface area contributed by atoms with Crippen molar-refractivity contribution in [2.75, 3.05) is 6.54 Å². The maximum atomic E-state index is 12.4. The van der Waals surface area contributed by atoms with Crippen LogP contribution in [0.3, 0.4) is 0 Å². The van der Waals surface area contributed by atoms with E-state index in [1.807, 2.05) is 0 Å². The fraction of sp³-hybridized carbons (Fsp3) is 0.519. The Hall–Kier alpha value is -2.13. The first-order valence-electron chi connectivity index (χ1n) is 11.9. The Kier molecular flexibility index (Phi) is 7.58. The molecule has 2 aromatic carbocycles. The zero-order chi connectivity index (χ0) is 20.6. The molecule has 0 spiro atoms. The van der Waals surface area contributed by atoms with Crippen molar-refractivity contribution in [3.05, 3.63) is 71.8 Å². The Balaban J connectivity index is 1.10. The van der Waals surface area contributed by atoms with Gasteiger partial charge in [-0.2, -0.15) is 0 Å². The van der Waals surface area contributed by atoms with Crippen molar-refractivity contribution in [1.29, 1.82) is 0 Å². The summed E-state index contributed by atoms with van der Waals surface area (Å²) in [5.74, 6) is 1.58. The Morgan fingerprint density at radius 2 is 1.13 bits per heavy atom. The van der Waals surface area contributed by atoms with Gasteiger partial charge in [-0.3, -0.25) is 4.79 Å².